The first kappa shape index (κ1) is 9.25. The predicted molar refractivity (Wildman–Crippen MR) is 49.4 cm³/mol. The van der Waals surface area contributed by atoms with E-state index in [4.69, 9.17) is 5.73 Å². The molecule has 68 valence electrons. The molecule has 0 radical (unpaired) electrons. The first-order valence-corrected chi connectivity index (χ1v) is 3.73. The van der Waals surface area contributed by atoms with Gasteiger partial charge in [-0.05, 0) is 12.1 Å². The SMILES string of the molecule is CN=C(N)OC(=O)c1ccccc1. The number of esters is 1. The minimum absolute atomic E-state index is 0.131. The van der Waals surface area contributed by atoms with Crippen molar-refractivity contribution in [3.8, 4) is 0 Å². The Balaban J connectivity index is 2.70. The van der Waals surface area contributed by atoms with Crippen molar-refractivity contribution < 1.29 is 9.53 Å². The van der Waals surface area contributed by atoms with Gasteiger partial charge in [-0.3, -0.25) is 0 Å². The Bertz CT molecular complexity index is 320. The summed E-state index contributed by atoms with van der Waals surface area (Å²) in [7, 11) is 1.45. The first-order valence-electron chi connectivity index (χ1n) is 3.73. The second-order valence-corrected chi connectivity index (χ2v) is 2.32. The topological polar surface area (TPSA) is 64.7 Å². The van der Waals surface area contributed by atoms with Crippen LogP contribution >= 0.6 is 0 Å². The van der Waals surface area contributed by atoms with Crippen molar-refractivity contribution in [2.45, 2.75) is 0 Å². The standard InChI is InChI=1S/C9H10N2O2/c1-11-9(10)13-8(12)7-5-3-2-4-6-7/h2-6H,1H3,(H2,10,11). The summed E-state index contributed by atoms with van der Waals surface area (Å²) < 4.78 is 4.67. The summed E-state index contributed by atoms with van der Waals surface area (Å²) in [5, 5.41) is 0. The molecule has 0 bridgehead atoms. The van der Waals surface area contributed by atoms with Crippen molar-refractivity contribution in [2.75, 3.05) is 7.05 Å². The number of hydrogen-bond donors (Lipinski definition) is 1. The minimum atomic E-state index is -0.497. The number of carbonyl (C=O) groups is 1. The van der Waals surface area contributed by atoms with E-state index in [-0.39, 0.29) is 6.02 Å². The van der Waals surface area contributed by atoms with Gasteiger partial charge in [0.25, 0.3) is 6.02 Å². The Morgan fingerprint density at radius 1 is 1.38 bits per heavy atom. The van der Waals surface area contributed by atoms with Gasteiger partial charge in [-0.15, -0.1) is 0 Å². The Morgan fingerprint density at radius 3 is 2.54 bits per heavy atom. The average Bonchev–Trinajstić information content (AvgIpc) is 2.19. The Labute approximate surface area is 76.0 Å². The van der Waals surface area contributed by atoms with Gasteiger partial charge < -0.3 is 10.5 Å². The van der Waals surface area contributed by atoms with Crippen LogP contribution in [0.4, 0.5) is 0 Å². The van der Waals surface area contributed by atoms with Crippen molar-refractivity contribution in [3.63, 3.8) is 0 Å². The van der Waals surface area contributed by atoms with Gasteiger partial charge in [-0.2, -0.15) is 0 Å². The summed E-state index contributed by atoms with van der Waals surface area (Å²) in [5.74, 6) is -0.497. The monoisotopic (exact) mass is 178 g/mol. The molecule has 4 heteroatoms. The van der Waals surface area contributed by atoms with Crippen LogP contribution < -0.4 is 5.73 Å². The molecule has 1 aromatic carbocycles. The molecule has 0 aliphatic heterocycles. The van der Waals surface area contributed by atoms with E-state index in [0.29, 0.717) is 5.56 Å². The number of rotatable bonds is 1. The average molecular weight is 178 g/mol. The molecule has 0 atom stereocenters. The fourth-order valence-electron chi connectivity index (χ4n) is 0.774. The maximum absolute atomic E-state index is 11.2. The quantitative estimate of drug-likeness (QED) is 0.393. The van der Waals surface area contributed by atoms with Gasteiger partial charge in [0.2, 0.25) is 0 Å². The van der Waals surface area contributed by atoms with E-state index in [9.17, 15) is 4.79 Å². The zero-order valence-electron chi connectivity index (χ0n) is 7.23. The van der Waals surface area contributed by atoms with Gasteiger partial charge in [-0.1, -0.05) is 18.2 Å². The van der Waals surface area contributed by atoms with Crippen molar-refractivity contribution in [1.82, 2.24) is 0 Å². The second kappa shape index (κ2) is 4.25. The Kier molecular flexibility index (Phi) is 3.03. The van der Waals surface area contributed by atoms with Gasteiger partial charge in [0.15, 0.2) is 0 Å². The van der Waals surface area contributed by atoms with Crippen molar-refractivity contribution in [2.24, 2.45) is 10.7 Å². The van der Waals surface area contributed by atoms with E-state index in [1.807, 2.05) is 6.07 Å². The van der Waals surface area contributed by atoms with Gasteiger partial charge in [-0.25, -0.2) is 9.79 Å². The van der Waals surface area contributed by atoms with Gasteiger partial charge in [0, 0.05) is 7.05 Å². The van der Waals surface area contributed by atoms with Crippen molar-refractivity contribution in [1.29, 1.82) is 0 Å². The first-order chi connectivity index (χ1) is 6.24. The molecule has 0 saturated heterocycles. The van der Waals surface area contributed by atoms with Crippen LogP contribution in [0.1, 0.15) is 10.4 Å². The molecule has 0 heterocycles. The largest absolute Gasteiger partial charge is 0.389 e. The predicted octanol–water partition coefficient (Wildman–Crippen LogP) is 0.788. The molecule has 1 rings (SSSR count). The molecule has 0 spiro atoms. The minimum Gasteiger partial charge on any atom is -0.389 e. The molecular formula is C9H10N2O2. The highest BCUT2D eigenvalue weighted by Crippen LogP contribution is 2.00. The highest BCUT2D eigenvalue weighted by atomic mass is 16.6. The third kappa shape index (κ3) is 2.59. The molecule has 0 unspecified atom stereocenters. The molecule has 0 aromatic heterocycles. The zero-order chi connectivity index (χ0) is 9.68. The Hall–Kier alpha value is -1.84. The highest BCUT2D eigenvalue weighted by molar-refractivity contribution is 5.97. The van der Waals surface area contributed by atoms with E-state index in [1.165, 1.54) is 7.05 Å². The molecule has 0 aliphatic rings. The van der Waals surface area contributed by atoms with Crippen LogP contribution in [-0.4, -0.2) is 19.0 Å². The lowest BCUT2D eigenvalue weighted by Crippen LogP contribution is -2.20. The second-order valence-electron chi connectivity index (χ2n) is 2.32. The normalized spacial score (nSPS) is 11.0. The van der Waals surface area contributed by atoms with Crippen molar-refractivity contribution >= 4 is 12.0 Å². The zero-order valence-corrected chi connectivity index (χ0v) is 7.23. The number of benzene rings is 1. The van der Waals surface area contributed by atoms with Gasteiger partial charge in [0.1, 0.15) is 0 Å². The maximum Gasteiger partial charge on any atom is 0.345 e. The number of carbonyl (C=O) groups excluding carboxylic acids is 1. The van der Waals surface area contributed by atoms with Crippen LogP contribution in [0.15, 0.2) is 35.3 Å². The van der Waals surface area contributed by atoms with E-state index < -0.39 is 5.97 Å². The summed E-state index contributed by atoms with van der Waals surface area (Å²) in [6.07, 6.45) is 0. The molecule has 13 heavy (non-hydrogen) atoms. The lowest BCUT2D eigenvalue weighted by molar-refractivity contribution is 0.0713. The molecule has 0 saturated carbocycles. The number of aliphatic imine (C=N–C) groups is 1. The molecule has 0 fully saturated rings. The van der Waals surface area contributed by atoms with Crippen LogP contribution in [0.2, 0.25) is 0 Å². The number of ether oxygens (including phenoxy) is 1. The number of hydrogen-bond acceptors (Lipinski definition) is 3. The summed E-state index contributed by atoms with van der Waals surface area (Å²) in [5.41, 5.74) is 5.67. The molecule has 0 aliphatic carbocycles. The van der Waals surface area contributed by atoms with E-state index >= 15 is 0 Å². The van der Waals surface area contributed by atoms with Crippen LogP contribution in [0.25, 0.3) is 0 Å². The lowest BCUT2D eigenvalue weighted by Gasteiger charge is -2.00. The van der Waals surface area contributed by atoms with E-state index in [1.54, 1.807) is 24.3 Å². The Morgan fingerprint density at radius 2 is 2.00 bits per heavy atom. The summed E-state index contributed by atoms with van der Waals surface area (Å²) in [6, 6.07) is 8.46. The summed E-state index contributed by atoms with van der Waals surface area (Å²) in [4.78, 5) is 14.7. The summed E-state index contributed by atoms with van der Waals surface area (Å²) in [6.45, 7) is 0. The lowest BCUT2D eigenvalue weighted by atomic mass is 10.2. The van der Waals surface area contributed by atoms with Crippen LogP contribution in [0.3, 0.4) is 0 Å². The molecular weight excluding hydrogens is 168 g/mol. The van der Waals surface area contributed by atoms with Gasteiger partial charge in [0.05, 0.1) is 5.56 Å². The molecule has 1 aromatic rings. The van der Waals surface area contributed by atoms with Crippen LogP contribution in [0.5, 0.6) is 0 Å². The number of nitrogens with zero attached hydrogens (tertiary/aromatic N) is 1. The number of amidine groups is 1. The third-order valence-electron chi connectivity index (χ3n) is 1.43. The van der Waals surface area contributed by atoms with Crippen molar-refractivity contribution in [3.05, 3.63) is 35.9 Å². The smallest absolute Gasteiger partial charge is 0.345 e. The maximum atomic E-state index is 11.2. The van der Waals surface area contributed by atoms with Gasteiger partial charge >= 0.3 is 5.97 Å². The number of nitrogens with two attached hydrogens (primary N) is 1. The van der Waals surface area contributed by atoms with E-state index in [2.05, 4.69) is 9.73 Å². The third-order valence-corrected chi connectivity index (χ3v) is 1.43. The molecule has 0 amide bonds. The van der Waals surface area contributed by atoms with E-state index in [0.717, 1.165) is 0 Å². The molecule has 2 N–H and O–H groups in total. The fraction of sp³-hybridized carbons (Fsp3) is 0.111. The molecule has 4 nitrogen and oxygen atoms in total. The fourth-order valence-corrected chi connectivity index (χ4v) is 0.774. The van der Waals surface area contributed by atoms with Crippen LogP contribution in [-0.2, 0) is 4.74 Å². The highest BCUT2D eigenvalue weighted by Gasteiger charge is 2.06. The summed E-state index contributed by atoms with van der Waals surface area (Å²) >= 11 is 0. The van der Waals surface area contributed by atoms with Crippen LogP contribution in [0, 0.1) is 0 Å².